The third-order valence-electron chi connectivity index (χ3n) is 3.15. The first-order valence-corrected chi connectivity index (χ1v) is 5.87. The Morgan fingerprint density at radius 2 is 2.19 bits per heavy atom. The third kappa shape index (κ3) is 1.60. The number of rotatable bonds is 2. The quantitative estimate of drug-likeness (QED) is 0.832. The number of nitriles is 1. The van der Waals surface area contributed by atoms with Gasteiger partial charge in [-0.25, -0.2) is 4.39 Å². The summed E-state index contributed by atoms with van der Waals surface area (Å²) in [7, 11) is 1.43. The predicted octanol–water partition coefficient (Wildman–Crippen LogP) is 3.54. The van der Waals surface area contributed by atoms with E-state index in [1.165, 1.54) is 13.2 Å². The van der Waals surface area contributed by atoms with Crippen molar-refractivity contribution in [2.45, 2.75) is 24.7 Å². The molecule has 0 radical (unpaired) electrons. The number of halogens is 2. The van der Waals surface area contributed by atoms with Gasteiger partial charge in [0.1, 0.15) is 0 Å². The lowest BCUT2D eigenvalue weighted by atomic mass is 9.65. The summed E-state index contributed by atoms with van der Waals surface area (Å²) in [6.07, 6.45) is 2.55. The van der Waals surface area contributed by atoms with Crippen LogP contribution in [0, 0.1) is 17.1 Å². The number of ether oxygens (including phenoxy) is 1. The molecule has 0 saturated heterocycles. The van der Waals surface area contributed by atoms with Gasteiger partial charge >= 0.3 is 0 Å². The van der Waals surface area contributed by atoms with Crippen molar-refractivity contribution in [2.75, 3.05) is 7.11 Å². The van der Waals surface area contributed by atoms with Gasteiger partial charge in [0.2, 0.25) is 0 Å². The van der Waals surface area contributed by atoms with Crippen molar-refractivity contribution in [1.82, 2.24) is 0 Å². The van der Waals surface area contributed by atoms with Crippen LogP contribution in [0.15, 0.2) is 16.6 Å². The second-order valence-corrected chi connectivity index (χ2v) is 4.93. The average molecular weight is 284 g/mol. The van der Waals surface area contributed by atoms with Crippen LogP contribution in [0.2, 0.25) is 0 Å². The molecule has 1 fully saturated rings. The first-order chi connectivity index (χ1) is 7.63. The molecule has 0 atom stereocenters. The fourth-order valence-electron chi connectivity index (χ4n) is 2.09. The Labute approximate surface area is 102 Å². The van der Waals surface area contributed by atoms with Gasteiger partial charge in [-0.15, -0.1) is 0 Å². The Morgan fingerprint density at radius 3 is 2.62 bits per heavy atom. The molecule has 0 aromatic heterocycles. The van der Waals surface area contributed by atoms with E-state index < -0.39 is 11.2 Å². The van der Waals surface area contributed by atoms with Crippen molar-refractivity contribution in [1.29, 1.82) is 5.26 Å². The molecule has 2 rings (SSSR count). The van der Waals surface area contributed by atoms with Gasteiger partial charge in [-0.3, -0.25) is 0 Å². The standard InChI is InChI=1S/C12H11BrFNO/c1-16-11-9(5-8(13)6-10(11)14)12(7-15)3-2-4-12/h5-6H,2-4H2,1H3. The van der Waals surface area contributed by atoms with Gasteiger partial charge < -0.3 is 4.74 Å². The van der Waals surface area contributed by atoms with Crippen molar-refractivity contribution in [3.05, 3.63) is 28.0 Å². The van der Waals surface area contributed by atoms with E-state index in [-0.39, 0.29) is 5.75 Å². The minimum atomic E-state index is -0.560. The molecule has 0 aliphatic heterocycles. The van der Waals surface area contributed by atoms with Gasteiger partial charge in [-0.05, 0) is 31.4 Å². The summed E-state index contributed by atoms with van der Waals surface area (Å²) in [5, 5.41) is 9.25. The van der Waals surface area contributed by atoms with Crippen molar-refractivity contribution >= 4 is 15.9 Å². The summed E-state index contributed by atoms with van der Waals surface area (Å²) in [4.78, 5) is 0. The second-order valence-electron chi connectivity index (χ2n) is 4.02. The molecule has 16 heavy (non-hydrogen) atoms. The third-order valence-corrected chi connectivity index (χ3v) is 3.61. The van der Waals surface area contributed by atoms with E-state index in [1.807, 2.05) is 0 Å². The number of methoxy groups -OCH3 is 1. The number of hydrogen-bond acceptors (Lipinski definition) is 2. The average Bonchev–Trinajstić information content (AvgIpc) is 2.16. The molecule has 0 heterocycles. The van der Waals surface area contributed by atoms with E-state index in [0.717, 1.165) is 19.3 Å². The van der Waals surface area contributed by atoms with Crippen LogP contribution in [-0.2, 0) is 5.41 Å². The maximum absolute atomic E-state index is 13.7. The maximum atomic E-state index is 13.7. The van der Waals surface area contributed by atoms with Crippen LogP contribution in [0.5, 0.6) is 5.75 Å². The van der Waals surface area contributed by atoms with Gasteiger partial charge in [0.25, 0.3) is 0 Å². The lowest BCUT2D eigenvalue weighted by Crippen LogP contribution is -2.33. The largest absolute Gasteiger partial charge is 0.493 e. The van der Waals surface area contributed by atoms with Crippen LogP contribution in [0.1, 0.15) is 24.8 Å². The fourth-order valence-corrected chi connectivity index (χ4v) is 2.52. The lowest BCUT2D eigenvalue weighted by Gasteiger charge is -2.36. The van der Waals surface area contributed by atoms with E-state index in [9.17, 15) is 9.65 Å². The summed E-state index contributed by atoms with van der Waals surface area (Å²) in [5.74, 6) is -0.224. The molecular weight excluding hydrogens is 273 g/mol. The van der Waals surface area contributed by atoms with Gasteiger partial charge in [0.15, 0.2) is 11.6 Å². The highest BCUT2D eigenvalue weighted by molar-refractivity contribution is 9.10. The van der Waals surface area contributed by atoms with E-state index >= 15 is 0 Å². The van der Waals surface area contributed by atoms with Gasteiger partial charge in [0.05, 0.1) is 18.6 Å². The Balaban J connectivity index is 2.59. The maximum Gasteiger partial charge on any atom is 0.166 e. The topological polar surface area (TPSA) is 33.0 Å². The zero-order valence-corrected chi connectivity index (χ0v) is 10.5. The van der Waals surface area contributed by atoms with Crippen LogP contribution in [0.3, 0.4) is 0 Å². The monoisotopic (exact) mass is 283 g/mol. The van der Waals surface area contributed by atoms with E-state index in [2.05, 4.69) is 22.0 Å². The van der Waals surface area contributed by atoms with Gasteiger partial charge in [-0.1, -0.05) is 15.9 Å². The van der Waals surface area contributed by atoms with Crippen LogP contribution in [0.4, 0.5) is 4.39 Å². The van der Waals surface area contributed by atoms with E-state index in [0.29, 0.717) is 10.0 Å². The van der Waals surface area contributed by atoms with Crippen molar-refractivity contribution in [3.8, 4) is 11.8 Å². The van der Waals surface area contributed by atoms with Crippen LogP contribution in [-0.4, -0.2) is 7.11 Å². The SMILES string of the molecule is COc1c(F)cc(Br)cc1C1(C#N)CCC1. The fraction of sp³-hybridized carbons (Fsp3) is 0.417. The summed E-state index contributed by atoms with van der Waals surface area (Å²) in [5.41, 5.74) is 0.103. The first kappa shape index (κ1) is 11.4. The molecule has 0 unspecified atom stereocenters. The molecule has 0 spiro atoms. The minimum absolute atomic E-state index is 0.199. The summed E-state index contributed by atoms with van der Waals surface area (Å²) in [6.45, 7) is 0. The smallest absolute Gasteiger partial charge is 0.166 e. The van der Waals surface area contributed by atoms with Crippen LogP contribution < -0.4 is 4.74 Å². The molecule has 0 bridgehead atoms. The molecule has 0 N–H and O–H groups in total. The van der Waals surface area contributed by atoms with Gasteiger partial charge in [-0.2, -0.15) is 5.26 Å². The predicted molar refractivity (Wildman–Crippen MR) is 61.8 cm³/mol. The van der Waals surface area contributed by atoms with E-state index in [4.69, 9.17) is 4.74 Å². The highest BCUT2D eigenvalue weighted by Gasteiger charge is 2.42. The molecule has 1 saturated carbocycles. The van der Waals surface area contributed by atoms with Crippen molar-refractivity contribution in [3.63, 3.8) is 0 Å². The molecule has 2 nitrogen and oxygen atoms in total. The molecule has 4 heteroatoms. The Morgan fingerprint density at radius 1 is 1.50 bits per heavy atom. The Kier molecular flexibility index (Phi) is 2.90. The van der Waals surface area contributed by atoms with Crippen LogP contribution in [0.25, 0.3) is 0 Å². The zero-order valence-electron chi connectivity index (χ0n) is 8.89. The van der Waals surface area contributed by atoms with Crippen LogP contribution >= 0.6 is 15.9 Å². The summed E-state index contributed by atoms with van der Waals surface area (Å²) >= 11 is 3.25. The Hall–Kier alpha value is -1.08. The van der Waals surface area contributed by atoms with Crippen molar-refractivity contribution < 1.29 is 9.13 Å². The zero-order chi connectivity index (χ0) is 11.8. The highest BCUT2D eigenvalue weighted by Crippen LogP contribution is 2.48. The Bertz CT molecular complexity index is 463. The normalized spacial score (nSPS) is 17.4. The number of benzene rings is 1. The molecule has 1 aromatic rings. The van der Waals surface area contributed by atoms with E-state index in [1.54, 1.807) is 6.07 Å². The molecule has 84 valence electrons. The summed E-state index contributed by atoms with van der Waals surface area (Å²) in [6, 6.07) is 5.43. The molecule has 0 amide bonds. The number of hydrogen-bond donors (Lipinski definition) is 0. The number of nitrogens with zero attached hydrogens (tertiary/aromatic N) is 1. The lowest BCUT2D eigenvalue weighted by molar-refractivity contribution is 0.300. The molecule has 1 aliphatic carbocycles. The second kappa shape index (κ2) is 4.06. The first-order valence-electron chi connectivity index (χ1n) is 5.08. The highest BCUT2D eigenvalue weighted by atomic mass is 79.9. The van der Waals surface area contributed by atoms with Crippen molar-refractivity contribution in [2.24, 2.45) is 0 Å². The molecule has 1 aromatic carbocycles. The summed E-state index contributed by atoms with van der Waals surface area (Å²) < 4.78 is 19.4. The molecule has 1 aliphatic rings. The molecular formula is C12H11BrFNO. The van der Waals surface area contributed by atoms with Gasteiger partial charge in [0, 0.05) is 10.0 Å². The minimum Gasteiger partial charge on any atom is -0.493 e.